The molecule has 0 amide bonds. The summed E-state index contributed by atoms with van der Waals surface area (Å²) in [6, 6.07) is 0.883. The van der Waals surface area contributed by atoms with Crippen molar-refractivity contribution >= 4 is 11.6 Å². The van der Waals surface area contributed by atoms with Gasteiger partial charge in [-0.2, -0.15) is 0 Å². The standard InChI is InChI=1S/C12H19F2N3O/c1-8(2)17(5-6-18-4)12-10(14)7-9(13)11(15-3)16-12/h7-8H,5-6H2,1-4H3,(H,15,16). The fraction of sp³-hybridized carbons (Fsp3) is 0.583. The van der Waals surface area contributed by atoms with E-state index in [0.29, 0.717) is 13.2 Å². The predicted octanol–water partition coefficient (Wildman–Crippen LogP) is 2.26. The van der Waals surface area contributed by atoms with Crippen molar-refractivity contribution < 1.29 is 13.5 Å². The zero-order valence-corrected chi connectivity index (χ0v) is 11.1. The first-order chi connectivity index (χ1) is 8.51. The van der Waals surface area contributed by atoms with Gasteiger partial charge in [0, 0.05) is 32.8 Å². The van der Waals surface area contributed by atoms with Gasteiger partial charge in [0.1, 0.15) is 0 Å². The first-order valence-electron chi connectivity index (χ1n) is 5.80. The lowest BCUT2D eigenvalue weighted by atomic mass is 10.3. The molecule has 1 N–H and O–H groups in total. The van der Waals surface area contributed by atoms with Crippen LogP contribution in [0.3, 0.4) is 0 Å². The molecule has 102 valence electrons. The normalized spacial score (nSPS) is 10.8. The molecule has 0 unspecified atom stereocenters. The number of nitrogens with one attached hydrogen (secondary N) is 1. The van der Waals surface area contributed by atoms with Gasteiger partial charge in [-0.3, -0.25) is 0 Å². The average Bonchev–Trinajstić information content (AvgIpc) is 2.31. The Kier molecular flexibility index (Phi) is 5.27. The quantitative estimate of drug-likeness (QED) is 0.850. The summed E-state index contributed by atoms with van der Waals surface area (Å²) in [6.07, 6.45) is 0. The van der Waals surface area contributed by atoms with Gasteiger partial charge in [-0.15, -0.1) is 0 Å². The second-order valence-corrected chi connectivity index (χ2v) is 4.15. The summed E-state index contributed by atoms with van der Waals surface area (Å²) in [6.45, 7) is 4.77. The third kappa shape index (κ3) is 3.29. The van der Waals surface area contributed by atoms with Crippen molar-refractivity contribution in [3.8, 4) is 0 Å². The topological polar surface area (TPSA) is 37.4 Å². The van der Waals surface area contributed by atoms with E-state index in [0.717, 1.165) is 6.07 Å². The van der Waals surface area contributed by atoms with Crippen molar-refractivity contribution in [3.05, 3.63) is 17.7 Å². The first-order valence-corrected chi connectivity index (χ1v) is 5.80. The maximum absolute atomic E-state index is 13.8. The number of hydrogen-bond donors (Lipinski definition) is 1. The van der Waals surface area contributed by atoms with Crippen molar-refractivity contribution in [3.63, 3.8) is 0 Å². The fourth-order valence-corrected chi connectivity index (χ4v) is 1.63. The minimum Gasteiger partial charge on any atom is -0.383 e. The molecule has 0 aliphatic rings. The molecule has 0 fully saturated rings. The van der Waals surface area contributed by atoms with Gasteiger partial charge in [0.05, 0.1) is 6.61 Å². The average molecular weight is 259 g/mol. The van der Waals surface area contributed by atoms with Crippen LogP contribution in [0.2, 0.25) is 0 Å². The number of pyridine rings is 1. The lowest BCUT2D eigenvalue weighted by Gasteiger charge is -2.28. The van der Waals surface area contributed by atoms with E-state index < -0.39 is 11.6 Å². The van der Waals surface area contributed by atoms with Crippen LogP contribution < -0.4 is 10.2 Å². The highest BCUT2D eigenvalue weighted by molar-refractivity contribution is 5.49. The second kappa shape index (κ2) is 6.49. The zero-order valence-electron chi connectivity index (χ0n) is 11.1. The summed E-state index contributed by atoms with van der Waals surface area (Å²) >= 11 is 0. The molecule has 0 aromatic carbocycles. The molecular formula is C12H19F2N3O. The highest BCUT2D eigenvalue weighted by Gasteiger charge is 2.19. The van der Waals surface area contributed by atoms with Crippen molar-refractivity contribution in [2.24, 2.45) is 0 Å². The number of rotatable bonds is 6. The smallest absolute Gasteiger partial charge is 0.168 e. The summed E-state index contributed by atoms with van der Waals surface area (Å²) in [4.78, 5) is 5.71. The largest absolute Gasteiger partial charge is 0.383 e. The summed E-state index contributed by atoms with van der Waals surface area (Å²) in [7, 11) is 3.12. The molecule has 0 bridgehead atoms. The molecule has 0 atom stereocenters. The molecule has 0 saturated carbocycles. The number of nitrogens with zero attached hydrogens (tertiary/aromatic N) is 2. The summed E-state index contributed by atoms with van der Waals surface area (Å²) in [5.41, 5.74) is 0. The van der Waals surface area contributed by atoms with E-state index in [2.05, 4.69) is 10.3 Å². The molecule has 18 heavy (non-hydrogen) atoms. The molecule has 1 rings (SSSR count). The van der Waals surface area contributed by atoms with Crippen molar-refractivity contribution in [1.29, 1.82) is 0 Å². The van der Waals surface area contributed by atoms with Crippen LogP contribution in [-0.2, 0) is 4.74 Å². The Morgan fingerprint density at radius 3 is 2.56 bits per heavy atom. The molecule has 4 nitrogen and oxygen atoms in total. The number of hydrogen-bond acceptors (Lipinski definition) is 4. The summed E-state index contributed by atoms with van der Waals surface area (Å²) < 4.78 is 32.1. The second-order valence-electron chi connectivity index (χ2n) is 4.15. The van der Waals surface area contributed by atoms with E-state index >= 15 is 0 Å². The van der Waals surface area contributed by atoms with Gasteiger partial charge >= 0.3 is 0 Å². The van der Waals surface area contributed by atoms with Crippen molar-refractivity contribution in [1.82, 2.24) is 4.98 Å². The van der Waals surface area contributed by atoms with Crippen LogP contribution in [0.5, 0.6) is 0 Å². The highest BCUT2D eigenvalue weighted by atomic mass is 19.1. The molecular weight excluding hydrogens is 240 g/mol. The Bertz CT molecular complexity index is 399. The van der Waals surface area contributed by atoms with Crippen LogP contribution in [0.4, 0.5) is 20.4 Å². The Morgan fingerprint density at radius 2 is 2.06 bits per heavy atom. The lowest BCUT2D eigenvalue weighted by Crippen LogP contribution is -2.35. The summed E-state index contributed by atoms with van der Waals surface area (Å²) in [5.74, 6) is -1.20. The predicted molar refractivity (Wildman–Crippen MR) is 68.1 cm³/mol. The minimum atomic E-state index is -0.700. The monoisotopic (exact) mass is 259 g/mol. The van der Waals surface area contributed by atoms with Crippen LogP contribution in [-0.4, -0.2) is 38.3 Å². The van der Waals surface area contributed by atoms with Gasteiger partial charge in [-0.1, -0.05) is 0 Å². The van der Waals surface area contributed by atoms with Gasteiger partial charge in [0.25, 0.3) is 0 Å². The lowest BCUT2D eigenvalue weighted by molar-refractivity contribution is 0.203. The molecule has 6 heteroatoms. The SMILES string of the molecule is CNc1nc(N(CCOC)C(C)C)c(F)cc1F. The van der Waals surface area contributed by atoms with Crippen LogP contribution >= 0.6 is 0 Å². The van der Waals surface area contributed by atoms with E-state index in [1.165, 1.54) is 0 Å². The Balaban J connectivity index is 3.10. The number of anilines is 2. The fourth-order valence-electron chi connectivity index (χ4n) is 1.63. The zero-order chi connectivity index (χ0) is 13.7. The Labute approximate surface area is 106 Å². The number of aromatic nitrogens is 1. The minimum absolute atomic E-state index is 0.0365. The van der Waals surface area contributed by atoms with Gasteiger partial charge in [0.15, 0.2) is 23.3 Å². The number of ether oxygens (including phenoxy) is 1. The van der Waals surface area contributed by atoms with E-state index in [9.17, 15) is 8.78 Å². The van der Waals surface area contributed by atoms with Gasteiger partial charge in [-0.25, -0.2) is 13.8 Å². The van der Waals surface area contributed by atoms with E-state index in [1.54, 1.807) is 19.1 Å². The van der Waals surface area contributed by atoms with Crippen LogP contribution in [0.1, 0.15) is 13.8 Å². The maximum Gasteiger partial charge on any atom is 0.168 e. The van der Waals surface area contributed by atoms with E-state index in [4.69, 9.17) is 4.74 Å². The van der Waals surface area contributed by atoms with Crippen LogP contribution in [0.25, 0.3) is 0 Å². The molecule has 1 aromatic heterocycles. The molecule has 1 heterocycles. The molecule has 0 spiro atoms. The highest BCUT2D eigenvalue weighted by Crippen LogP contribution is 2.23. The Morgan fingerprint density at radius 1 is 1.39 bits per heavy atom. The van der Waals surface area contributed by atoms with Gasteiger partial charge < -0.3 is 15.0 Å². The summed E-state index contributed by atoms with van der Waals surface area (Å²) in [5, 5.41) is 2.60. The molecule has 1 aromatic rings. The number of halogens is 2. The molecule has 0 saturated heterocycles. The Hall–Kier alpha value is -1.43. The third-order valence-electron chi connectivity index (χ3n) is 2.58. The van der Waals surface area contributed by atoms with E-state index in [1.807, 2.05) is 13.8 Å². The third-order valence-corrected chi connectivity index (χ3v) is 2.58. The van der Waals surface area contributed by atoms with Crippen molar-refractivity contribution in [2.45, 2.75) is 19.9 Å². The van der Waals surface area contributed by atoms with E-state index in [-0.39, 0.29) is 17.7 Å². The first kappa shape index (κ1) is 14.6. The van der Waals surface area contributed by atoms with Gasteiger partial charge in [-0.05, 0) is 13.8 Å². The van der Waals surface area contributed by atoms with Gasteiger partial charge in [0.2, 0.25) is 0 Å². The maximum atomic E-state index is 13.8. The molecule has 0 radical (unpaired) electrons. The molecule has 0 aliphatic carbocycles. The van der Waals surface area contributed by atoms with Crippen molar-refractivity contribution in [2.75, 3.05) is 37.5 Å². The van der Waals surface area contributed by atoms with Crippen LogP contribution in [0, 0.1) is 11.6 Å². The van der Waals surface area contributed by atoms with Crippen LogP contribution in [0.15, 0.2) is 6.07 Å². The molecule has 0 aliphatic heterocycles. The number of methoxy groups -OCH3 is 1.